The molecule has 2 heterocycles. The Bertz CT molecular complexity index is 313. The van der Waals surface area contributed by atoms with E-state index in [1.54, 1.807) is 0 Å². The van der Waals surface area contributed by atoms with Gasteiger partial charge < -0.3 is 10.6 Å². The van der Waals surface area contributed by atoms with E-state index >= 15 is 0 Å². The SMILES string of the molecule is CCCC[C@H](N)C(=O)N1CCC(N2CCC[C@H]2C)CC1. The van der Waals surface area contributed by atoms with E-state index < -0.39 is 0 Å². The van der Waals surface area contributed by atoms with Crippen molar-refractivity contribution in [2.24, 2.45) is 5.73 Å². The molecule has 20 heavy (non-hydrogen) atoms. The maximum atomic E-state index is 12.3. The number of carbonyl (C=O) groups excluding carboxylic acids is 1. The first kappa shape index (κ1) is 15.8. The lowest BCUT2D eigenvalue weighted by atomic mass is 10.0. The average molecular weight is 281 g/mol. The first-order valence-corrected chi connectivity index (χ1v) is 8.43. The van der Waals surface area contributed by atoms with Crippen molar-refractivity contribution < 1.29 is 4.79 Å². The molecular weight excluding hydrogens is 250 g/mol. The summed E-state index contributed by atoms with van der Waals surface area (Å²) in [5, 5.41) is 0. The highest BCUT2D eigenvalue weighted by atomic mass is 16.2. The van der Waals surface area contributed by atoms with E-state index in [0.29, 0.717) is 6.04 Å². The van der Waals surface area contributed by atoms with Crippen molar-refractivity contribution in [1.29, 1.82) is 0 Å². The van der Waals surface area contributed by atoms with Crippen molar-refractivity contribution in [3.8, 4) is 0 Å². The number of likely N-dealkylation sites (tertiary alicyclic amines) is 2. The first-order chi connectivity index (χ1) is 9.63. The molecule has 2 rings (SSSR count). The van der Waals surface area contributed by atoms with Crippen LogP contribution in [0.5, 0.6) is 0 Å². The molecule has 2 aliphatic rings. The molecule has 2 aliphatic heterocycles. The fourth-order valence-electron chi connectivity index (χ4n) is 3.70. The van der Waals surface area contributed by atoms with Crippen LogP contribution in [0.25, 0.3) is 0 Å². The smallest absolute Gasteiger partial charge is 0.239 e. The summed E-state index contributed by atoms with van der Waals surface area (Å²) >= 11 is 0. The van der Waals surface area contributed by atoms with Crippen molar-refractivity contribution in [3.05, 3.63) is 0 Å². The molecule has 0 aromatic carbocycles. The molecule has 4 nitrogen and oxygen atoms in total. The minimum absolute atomic E-state index is 0.173. The molecule has 2 atom stereocenters. The minimum atomic E-state index is -0.280. The molecule has 0 aromatic rings. The highest BCUT2D eigenvalue weighted by molar-refractivity contribution is 5.81. The number of nitrogens with two attached hydrogens (primary N) is 1. The van der Waals surface area contributed by atoms with Gasteiger partial charge in [0, 0.05) is 25.2 Å². The highest BCUT2D eigenvalue weighted by Gasteiger charge is 2.32. The fraction of sp³-hybridized carbons (Fsp3) is 0.938. The lowest BCUT2D eigenvalue weighted by molar-refractivity contribution is -0.134. The molecule has 2 saturated heterocycles. The Kier molecular flexibility index (Phi) is 5.85. The minimum Gasteiger partial charge on any atom is -0.341 e. The number of nitrogens with zero attached hydrogens (tertiary/aromatic N) is 2. The second-order valence-electron chi connectivity index (χ2n) is 6.53. The van der Waals surface area contributed by atoms with Gasteiger partial charge in [-0.25, -0.2) is 0 Å². The molecule has 0 aliphatic carbocycles. The van der Waals surface area contributed by atoms with Gasteiger partial charge in [-0.3, -0.25) is 9.69 Å². The summed E-state index contributed by atoms with van der Waals surface area (Å²) < 4.78 is 0. The zero-order chi connectivity index (χ0) is 14.5. The summed E-state index contributed by atoms with van der Waals surface area (Å²) in [6.45, 7) is 7.51. The zero-order valence-corrected chi connectivity index (χ0v) is 13.2. The van der Waals surface area contributed by atoms with Crippen LogP contribution in [0, 0.1) is 0 Å². The van der Waals surface area contributed by atoms with Gasteiger partial charge in [-0.2, -0.15) is 0 Å². The van der Waals surface area contributed by atoms with E-state index in [9.17, 15) is 4.79 Å². The third-order valence-electron chi connectivity index (χ3n) is 5.04. The lowest BCUT2D eigenvalue weighted by Gasteiger charge is -2.39. The summed E-state index contributed by atoms with van der Waals surface area (Å²) in [6, 6.07) is 1.13. The van der Waals surface area contributed by atoms with Crippen LogP contribution in [-0.2, 0) is 4.79 Å². The highest BCUT2D eigenvalue weighted by Crippen LogP contribution is 2.25. The van der Waals surface area contributed by atoms with E-state index in [0.717, 1.165) is 51.2 Å². The van der Waals surface area contributed by atoms with Gasteiger partial charge in [0.1, 0.15) is 0 Å². The van der Waals surface area contributed by atoms with Crippen LogP contribution in [0.1, 0.15) is 58.8 Å². The van der Waals surface area contributed by atoms with Crippen molar-refractivity contribution in [1.82, 2.24) is 9.80 Å². The summed E-state index contributed by atoms with van der Waals surface area (Å²) in [6.07, 6.45) is 7.90. The van der Waals surface area contributed by atoms with E-state index in [1.165, 1.54) is 19.4 Å². The molecule has 4 heteroatoms. The normalized spacial score (nSPS) is 26.9. The van der Waals surface area contributed by atoms with Crippen LogP contribution >= 0.6 is 0 Å². The molecule has 0 bridgehead atoms. The Morgan fingerprint density at radius 2 is 1.95 bits per heavy atom. The molecule has 0 aromatic heterocycles. The Labute approximate surface area is 123 Å². The Hall–Kier alpha value is -0.610. The topological polar surface area (TPSA) is 49.6 Å². The van der Waals surface area contributed by atoms with E-state index in [4.69, 9.17) is 5.73 Å². The molecular formula is C16H31N3O. The van der Waals surface area contributed by atoms with Crippen LogP contribution in [0.2, 0.25) is 0 Å². The number of amides is 1. The number of hydrogen-bond acceptors (Lipinski definition) is 3. The molecule has 2 fully saturated rings. The van der Waals surface area contributed by atoms with Crippen LogP contribution in [0.4, 0.5) is 0 Å². The van der Waals surface area contributed by atoms with E-state index in [-0.39, 0.29) is 11.9 Å². The average Bonchev–Trinajstić information content (AvgIpc) is 2.90. The molecule has 0 spiro atoms. The maximum absolute atomic E-state index is 12.3. The van der Waals surface area contributed by atoms with Gasteiger partial charge >= 0.3 is 0 Å². The number of rotatable bonds is 5. The van der Waals surface area contributed by atoms with Gasteiger partial charge in [-0.1, -0.05) is 19.8 Å². The van der Waals surface area contributed by atoms with Gasteiger partial charge in [-0.05, 0) is 45.6 Å². The maximum Gasteiger partial charge on any atom is 0.239 e. The third kappa shape index (κ3) is 3.73. The predicted molar refractivity (Wildman–Crippen MR) is 82.5 cm³/mol. The predicted octanol–water partition coefficient (Wildman–Crippen LogP) is 1.98. The van der Waals surface area contributed by atoms with Crippen molar-refractivity contribution >= 4 is 5.91 Å². The molecule has 1 amide bonds. The van der Waals surface area contributed by atoms with Gasteiger partial charge in [-0.15, -0.1) is 0 Å². The van der Waals surface area contributed by atoms with Gasteiger partial charge in [0.15, 0.2) is 0 Å². The molecule has 0 unspecified atom stereocenters. The molecule has 116 valence electrons. The van der Waals surface area contributed by atoms with Crippen molar-refractivity contribution in [2.45, 2.75) is 76.9 Å². The number of hydrogen-bond donors (Lipinski definition) is 1. The van der Waals surface area contributed by atoms with Gasteiger partial charge in [0.2, 0.25) is 5.91 Å². The Morgan fingerprint density at radius 3 is 2.50 bits per heavy atom. The second-order valence-corrected chi connectivity index (χ2v) is 6.53. The van der Waals surface area contributed by atoms with Crippen LogP contribution in [0.3, 0.4) is 0 Å². The Balaban J connectivity index is 1.77. The third-order valence-corrected chi connectivity index (χ3v) is 5.04. The van der Waals surface area contributed by atoms with E-state index in [1.807, 2.05) is 4.90 Å². The summed E-state index contributed by atoms with van der Waals surface area (Å²) in [5.41, 5.74) is 6.01. The molecule has 0 radical (unpaired) electrons. The summed E-state index contributed by atoms with van der Waals surface area (Å²) in [5.74, 6) is 0.173. The van der Waals surface area contributed by atoms with Crippen LogP contribution < -0.4 is 5.73 Å². The number of unbranched alkanes of at least 4 members (excludes halogenated alkanes) is 1. The van der Waals surface area contributed by atoms with Crippen molar-refractivity contribution in [2.75, 3.05) is 19.6 Å². The van der Waals surface area contributed by atoms with Gasteiger partial charge in [0.25, 0.3) is 0 Å². The largest absolute Gasteiger partial charge is 0.341 e. The first-order valence-electron chi connectivity index (χ1n) is 8.43. The fourth-order valence-corrected chi connectivity index (χ4v) is 3.70. The summed E-state index contributed by atoms with van der Waals surface area (Å²) in [4.78, 5) is 16.9. The lowest BCUT2D eigenvalue weighted by Crippen LogP contribution is -2.51. The van der Waals surface area contributed by atoms with E-state index in [2.05, 4.69) is 18.7 Å². The summed E-state index contributed by atoms with van der Waals surface area (Å²) in [7, 11) is 0. The van der Waals surface area contributed by atoms with Crippen LogP contribution in [-0.4, -0.2) is 53.5 Å². The zero-order valence-electron chi connectivity index (χ0n) is 13.2. The molecule has 2 N–H and O–H groups in total. The van der Waals surface area contributed by atoms with Crippen LogP contribution in [0.15, 0.2) is 0 Å². The molecule has 0 saturated carbocycles. The second kappa shape index (κ2) is 7.41. The Morgan fingerprint density at radius 1 is 1.25 bits per heavy atom. The number of piperidine rings is 1. The quantitative estimate of drug-likeness (QED) is 0.838. The van der Waals surface area contributed by atoms with Gasteiger partial charge in [0.05, 0.1) is 6.04 Å². The monoisotopic (exact) mass is 281 g/mol. The standard InChI is InChI=1S/C16H31N3O/c1-3-4-7-15(17)16(20)18-11-8-14(9-12-18)19-10-5-6-13(19)2/h13-15H,3-12,17H2,1-2H3/t13-,15+/m1/s1. The van der Waals surface area contributed by atoms with Crippen molar-refractivity contribution in [3.63, 3.8) is 0 Å². The number of carbonyl (C=O) groups is 1.